The minimum Gasteiger partial charge on any atom is -0.428 e. The molecule has 2 rings (SSSR count). The van der Waals surface area contributed by atoms with E-state index < -0.39 is 11.8 Å². The molecular weight excluding hydrogens is 252 g/mol. The smallest absolute Gasteiger partial charge is 0.428 e. The quantitative estimate of drug-likeness (QED) is 0.596. The van der Waals surface area contributed by atoms with Gasteiger partial charge >= 0.3 is 6.16 Å². The van der Waals surface area contributed by atoms with Gasteiger partial charge in [0.2, 0.25) is 0 Å². The fourth-order valence-electron chi connectivity index (χ4n) is 1.66. The molecule has 0 spiro atoms. The fourth-order valence-corrected chi connectivity index (χ4v) is 1.66. The second-order valence-corrected chi connectivity index (χ2v) is 5.38. The van der Waals surface area contributed by atoms with E-state index in [1.165, 1.54) is 0 Å². The summed E-state index contributed by atoms with van der Waals surface area (Å²) in [6.07, 6.45) is -0.695. The second-order valence-electron chi connectivity index (χ2n) is 5.38. The van der Waals surface area contributed by atoms with Gasteiger partial charge in [-0.15, -0.1) is 0 Å². The minimum atomic E-state index is -0.695. The number of rotatable bonds is 2. The first kappa shape index (κ1) is 14.1. The average Bonchev–Trinajstić information content (AvgIpc) is 2.38. The molecule has 103 valence electrons. The van der Waals surface area contributed by atoms with E-state index in [9.17, 15) is 4.79 Å². The number of ether oxygens (including phenoxy) is 2. The van der Waals surface area contributed by atoms with Crippen LogP contribution in [0.15, 0.2) is 48.5 Å². The van der Waals surface area contributed by atoms with Crippen LogP contribution >= 0.6 is 0 Å². The molecule has 3 nitrogen and oxygen atoms in total. The largest absolute Gasteiger partial charge is 0.514 e. The fraction of sp³-hybridized carbons (Fsp3) is 0.235. The summed E-state index contributed by atoms with van der Waals surface area (Å²) in [6.45, 7) is 5.39. The zero-order valence-corrected chi connectivity index (χ0v) is 11.8. The highest BCUT2D eigenvalue weighted by Crippen LogP contribution is 2.22. The van der Waals surface area contributed by atoms with Gasteiger partial charge in [0, 0.05) is 0 Å². The van der Waals surface area contributed by atoms with Crippen LogP contribution in [0.5, 0.6) is 5.75 Å². The highest BCUT2D eigenvalue weighted by Gasteiger charge is 2.17. The van der Waals surface area contributed by atoms with Crippen LogP contribution in [-0.2, 0) is 4.74 Å². The molecule has 0 N–H and O–H groups in total. The number of hydrogen-bond donors (Lipinski definition) is 0. The molecule has 0 bridgehead atoms. The maximum atomic E-state index is 11.5. The van der Waals surface area contributed by atoms with Gasteiger partial charge < -0.3 is 9.47 Å². The summed E-state index contributed by atoms with van der Waals surface area (Å²) < 4.78 is 10.2. The molecule has 0 amide bonds. The second kappa shape index (κ2) is 5.78. The van der Waals surface area contributed by atoms with E-state index in [1.54, 1.807) is 32.9 Å². The lowest BCUT2D eigenvalue weighted by atomic mass is 10.1. The molecular formula is C17H17O3. The summed E-state index contributed by atoms with van der Waals surface area (Å²) in [4.78, 5) is 11.5. The Morgan fingerprint density at radius 2 is 1.50 bits per heavy atom. The summed E-state index contributed by atoms with van der Waals surface area (Å²) >= 11 is 0. The van der Waals surface area contributed by atoms with Crippen LogP contribution < -0.4 is 4.74 Å². The van der Waals surface area contributed by atoms with Crippen molar-refractivity contribution in [1.82, 2.24) is 0 Å². The van der Waals surface area contributed by atoms with Crippen molar-refractivity contribution in [2.45, 2.75) is 26.4 Å². The van der Waals surface area contributed by atoms with Gasteiger partial charge in [-0.05, 0) is 50.1 Å². The van der Waals surface area contributed by atoms with Gasteiger partial charge in [-0.3, -0.25) is 0 Å². The van der Waals surface area contributed by atoms with Crippen molar-refractivity contribution >= 4 is 6.16 Å². The lowest BCUT2D eigenvalue weighted by Crippen LogP contribution is -2.25. The first-order valence-electron chi connectivity index (χ1n) is 6.41. The van der Waals surface area contributed by atoms with Crippen molar-refractivity contribution in [2.75, 3.05) is 0 Å². The molecule has 0 heterocycles. The van der Waals surface area contributed by atoms with Crippen molar-refractivity contribution in [3.8, 4) is 16.9 Å². The van der Waals surface area contributed by atoms with E-state index in [0.29, 0.717) is 5.75 Å². The van der Waals surface area contributed by atoms with E-state index in [-0.39, 0.29) is 0 Å². The molecule has 0 saturated carbocycles. The zero-order valence-electron chi connectivity index (χ0n) is 11.8. The molecule has 0 aliphatic rings. The maximum Gasteiger partial charge on any atom is 0.514 e. The van der Waals surface area contributed by atoms with Crippen molar-refractivity contribution in [3.63, 3.8) is 0 Å². The van der Waals surface area contributed by atoms with Gasteiger partial charge in [-0.25, -0.2) is 4.79 Å². The van der Waals surface area contributed by atoms with Crippen LogP contribution in [0.1, 0.15) is 20.8 Å². The number of carbonyl (C=O) groups is 1. The molecule has 0 aromatic heterocycles. The van der Waals surface area contributed by atoms with Gasteiger partial charge in [0.05, 0.1) is 0 Å². The minimum absolute atomic E-state index is 0.463. The molecule has 0 fully saturated rings. The lowest BCUT2D eigenvalue weighted by molar-refractivity contribution is 0.0206. The molecule has 0 unspecified atom stereocenters. The van der Waals surface area contributed by atoms with Gasteiger partial charge in [0.25, 0.3) is 0 Å². The van der Waals surface area contributed by atoms with E-state index in [1.807, 2.05) is 36.4 Å². The predicted molar refractivity (Wildman–Crippen MR) is 77.6 cm³/mol. The van der Waals surface area contributed by atoms with Crippen molar-refractivity contribution in [1.29, 1.82) is 0 Å². The van der Waals surface area contributed by atoms with E-state index in [2.05, 4.69) is 6.07 Å². The summed E-state index contributed by atoms with van der Waals surface area (Å²) in [6, 6.07) is 17.9. The van der Waals surface area contributed by atoms with Crippen LogP contribution in [-0.4, -0.2) is 11.8 Å². The molecule has 1 radical (unpaired) electrons. The van der Waals surface area contributed by atoms with Gasteiger partial charge in [0.1, 0.15) is 11.4 Å². The third kappa shape index (κ3) is 4.12. The van der Waals surface area contributed by atoms with Crippen LogP contribution in [0.25, 0.3) is 11.1 Å². The monoisotopic (exact) mass is 269 g/mol. The molecule has 0 aliphatic carbocycles. The van der Waals surface area contributed by atoms with Crippen molar-refractivity contribution < 1.29 is 14.3 Å². The van der Waals surface area contributed by atoms with Crippen LogP contribution in [0.4, 0.5) is 4.79 Å². The number of carbonyl (C=O) groups excluding carboxylic acids is 1. The standard InChI is InChI=1S/C17H17O3/c1-17(2,3)20-16(18)19-15-11-9-14(10-12-15)13-7-5-4-6-8-13/h5-12H,1-3H3. The van der Waals surface area contributed by atoms with Gasteiger partial charge in [0.15, 0.2) is 0 Å². The Kier molecular flexibility index (Phi) is 4.08. The summed E-state index contributed by atoms with van der Waals surface area (Å²) in [5, 5.41) is 0. The SMILES string of the molecule is CC(C)(C)OC(=O)Oc1ccc(-c2cc[c]cc2)cc1. The topological polar surface area (TPSA) is 35.5 Å². The Balaban J connectivity index is 2.04. The molecule has 0 aliphatic heterocycles. The molecule has 3 heteroatoms. The molecule has 20 heavy (non-hydrogen) atoms. The third-order valence-corrected chi connectivity index (χ3v) is 2.50. The normalized spacial score (nSPS) is 10.9. The van der Waals surface area contributed by atoms with E-state index >= 15 is 0 Å². The van der Waals surface area contributed by atoms with Crippen LogP contribution in [0.2, 0.25) is 0 Å². The molecule has 2 aromatic carbocycles. The van der Waals surface area contributed by atoms with E-state index in [4.69, 9.17) is 9.47 Å². The Bertz CT molecular complexity index is 565. The Morgan fingerprint density at radius 3 is 2.05 bits per heavy atom. The zero-order chi connectivity index (χ0) is 14.6. The highest BCUT2D eigenvalue weighted by atomic mass is 16.7. The van der Waals surface area contributed by atoms with Crippen LogP contribution in [0.3, 0.4) is 0 Å². The van der Waals surface area contributed by atoms with Gasteiger partial charge in [-0.2, -0.15) is 0 Å². The molecule has 0 saturated heterocycles. The predicted octanol–water partition coefficient (Wildman–Crippen LogP) is 4.47. The molecule has 0 atom stereocenters. The van der Waals surface area contributed by atoms with Crippen molar-refractivity contribution in [2.24, 2.45) is 0 Å². The molecule has 2 aromatic rings. The van der Waals surface area contributed by atoms with Crippen molar-refractivity contribution in [3.05, 3.63) is 54.6 Å². The summed E-state index contributed by atoms with van der Waals surface area (Å²) in [7, 11) is 0. The number of hydrogen-bond acceptors (Lipinski definition) is 3. The summed E-state index contributed by atoms with van der Waals surface area (Å²) in [5.41, 5.74) is 1.58. The average molecular weight is 269 g/mol. The first-order chi connectivity index (χ1) is 9.44. The van der Waals surface area contributed by atoms with Gasteiger partial charge in [-0.1, -0.05) is 36.4 Å². The van der Waals surface area contributed by atoms with Crippen LogP contribution in [0, 0.1) is 6.07 Å². The Labute approximate surface area is 119 Å². The maximum absolute atomic E-state index is 11.5. The summed E-state index contributed by atoms with van der Waals surface area (Å²) in [5.74, 6) is 0.463. The third-order valence-electron chi connectivity index (χ3n) is 2.50. The van der Waals surface area contributed by atoms with E-state index in [0.717, 1.165) is 11.1 Å². The lowest BCUT2D eigenvalue weighted by Gasteiger charge is -2.18. The first-order valence-corrected chi connectivity index (χ1v) is 6.41. The Hall–Kier alpha value is -2.29. The Morgan fingerprint density at radius 1 is 0.950 bits per heavy atom. The number of benzene rings is 2. The highest BCUT2D eigenvalue weighted by molar-refractivity contribution is 5.67.